The van der Waals surface area contributed by atoms with Crippen LogP contribution >= 0.6 is 0 Å². The van der Waals surface area contributed by atoms with Gasteiger partial charge in [-0.25, -0.2) is 4.79 Å². The van der Waals surface area contributed by atoms with Crippen molar-refractivity contribution in [1.29, 1.82) is 0 Å². The second kappa shape index (κ2) is 9.92. The average Bonchev–Trinajstić information content (AvgIpc) is 2.71. The molecule has 0 radical (unpaired) electrons. The highest BCUT2D eigenvalue weighted by atomic mass is 16.6. The van der Waals surface area contributed by atoms with Gasteiger partial charge in [-0.1, -0.05) is 46.2 Å². The number of nitrogens with one attached hydrogen (secondary N) is 1. The number of hydrogen-bond acceptors (Lipinski definition) is 4. The van der Waals surface area contributed by atoms with Crippen molar-refractivity contribution >= 4 is 12.0 Å². The minimum atomic E-state index is -0.606. The topological polar surface area (TPSA) is 67.9 Å². The Morgan fingerprint density at radius 3 is 2.55 bits per heavy atom. The minimum Gasteiger partial charge on any atom is -0.497 e. The first-order chi connectivity index (χ1) is 14.4. The van der Waals surface area contributed by atoms with Crippen LogP contribution in [0.2, 0.25) is 0 Å². The molecule has 31 heavy (non-hydrogen) atoms. The fourth-order valence-corrected chi connectivity index (χ4v) is 4.16. The summed E-state index contributed by atoms with van der Waals surface area (Å²) in [4.78, 5) is 27.7. The second-order valence-corrected chi connectivity index (χ2v) is 10.1. The van der Waals surface area contributed by atoms with Crippen molar-refractivity contribution in [2.24, 2.45) is 11.8 Å². The number of nitrogens with zero attached hydrogens (tertiary/aromatic N) is 1. The Bertz CT molecular complexity index is 773. The van der Waals surface area contributed by atoms with Gasteiger partial charge >= 0.3 is 6.09 Å². The van der Waals surface area contributed by atoms with Gasteiger partial charge in [-0.3, -0.25) is 4.79 Å². The van der Waals surface area contributed by atoms with Gasteiger partial charge in [-0.15, -0.1) is 0 Å². The maximum absolute atomic E-state index is 13.4. The van der Waals surface area contributed by atoms with Gasteiger partial charge in [0.05, 0.1) is 7.11 Å². The zero-order valence-electron chi connectivity index (χ0n) is 20.5. The van der Waals surface area contributed by atoms with Crippen LogP contribution in [0, 0.1) is 11.8 Å². The van der Waals surface area contributed by atoms with Crippen LogP contribution in [-0.4, -0.2) is 48.7 Å². The van der Waals surface area contributed by atoms with Crippen molar-refractivity contribution in [3.05, 3.63) is 29.8 Å². The molecule has 1 N–H and O–H groups in total. The molecule has 2 amide bonds. The quantitative estimate of drug-likeness (QED) is 0.704. The van der Waals surface area contributed by atoms with E-state index in [-0.39, 0.29) is 23.2 Å². The monoisotopic (exact) mass is 432 g/mol. The number of piperidine rings is 1. The predicted molar refractivity (Wildman–Crippen MR) is 123 cm³/mol. The molecule has 1 aliphatic rings. The van der Waals surface area contributed by atoms with E-state index in [1.807, 2.05) is 51.7 Å². The number of carbonyl (C=O) groups excluding carboxylic acids is 2. The lowest BCUT2D eigenvalue weighted by Gasteiger charge is -2.46. The van der Waals surface area contributed by atoms with E-state index < -0.39 is 17.7 Å². The Labute approximate surface area is 187 Å². The molecule has 1 aliphatic heterocycles. The van der Waals surface area contributed by atoms with Crippen molar-refractivity contribution in [3.8, 4) is 5.75 Å². The van der Waals surface area contributed by atoms with E-state index in [1.165, 1.54) is 5.56 Å². The van der Waals surface area contributed by atoms with Gasteiger partial charge in [0.15, 0.2) is 0 Å². The molecule has 1 aromatic carbocycles. The molecule has 4 atom stereocenters. The standard InChI is InChI=1S/C25H40N2O4/c1-9-17(2)21(26-23(29)31-24(4,5)6)22(28)27-14-13-25(7,18(3)16-27)19-11-10-12-20(15-19)30-8/h10-12,15,17-18,21H,9,13-14,16H2,1-8H3,(H,26,29)/t17?,18-,21-,25+/m0/s1. The maximum atomic E-state index is 13.4. The zero-order valence-corrected chi connectivity index (χ0v) is 20.5. The number of carbonyl (C=O) groups is 2. The molecule has 174 valence electrons. The van der Waals surface area contributed by atoms with Crippen LogP contribution < -0.4 is 10.1 Å². The summed E-state index contributed by atoms with van der Waals surface area (Å²) in [6.07, 6.45) is 1.10. The van der Waals surface area contributed by atoms with Crippen LogP contribution in [0.4, 0.5) is 4.79 Å². The Hall–Kier alpha value is -2.24. The second-order valence-electron chi connectivity index (χ2n) is 10.1. The molecule has 1 heterocycles. The van der Waals surface area contributed by atoms with Crippen LogP contribution in [0.25, 0.3) is 0 Å². The average molecular weight is 433 g/mol. The zero-order chi connectivity index (χ0) is 23.4. The van der Waals surface area contributed by atoms with Crippen LogP contribution in [-0.2, 0) is 14.9 Å². The number of rotatable bonds is 6. The van der Waals surface area contributed by atoms with Crippen molar-refractivity contribution in [1.82, 2.24) is 10.2 Å². The van der Waals surface area contributed by atoms with E-state index in [9.17, 15) is 9.59 Å². The van der Waals surface area contributed by atoms with Crippen molar-refractivity contribution in [3.63, 3.8) is 0 Å². The number of methoxy groups -OCH3 is 1. The summed E-state index contributed by atoms with van der Waals surface area (Å²) in [6, 6.07) is 7.62. The van der Waals surface area contributed by atoms with Gasteiger partial charge in [0, 0.05) is 13.1 Å². The van der Waals surface area contributed by atoms with Crippen LogP contribution in [0.1, 0.15) is 66.9 Å². The third kappa shape index (κ3) is 6.14. The van der Waals surface area contributed by atoms with Gasteiger partial charge in [0.2, 0.25) is 5.91 Å². The lowest BCUT2D eigenvalue weighted by atomic mass is 9.68. The molecular formula is C25H40N2O4. The number of benzene rings is 1. The Kier molecular flexibility index (Phi) is 8.01. The molecular weight excluding hydrogens is 392 g/mol. The number of hydrogen-bond donors (Lipinski definition) is 1. The first-order valence-corrected chi connectivity index (χ1v) is 11.3. The maximum Gasteiger partial charge on any atom is 0.408 e. The summed E-state index contributed by atoms with van der Waals surface area (Å²) < 4.78 is 10.8. The SMILES string of the molecule is CCC(C)[C@H](NC(=O)OC(C)(C)C)C(=O)N1CC[C@@](C)(c2cccc(OC)c2)[C@@H](C)C1. The summed E-state index contributed by atoms with van der Waals surface area (Å²) >= 11 is 0. The molecule has 0 saturated carbocycles. The van der Waals surface area contributed by atoms with E-state index in [2.05, 4.69) is 31.3 Å². The first kappa shape index (κ1) is 25.0. The number of amides is 2. The van der Waals surface area contributed by atoms with E-state index in [0.29, 0.717) is 13.1 Å². The summed E-state index contributed by atoms with van der Waals surface area (Å²) in [5.41, 5.74) is 0.581. The van der Waals surface area contributed by atoms with Gasteiger partial charge in [0.25, 0.3) is 0 Å². The molecule has 0 aromatic heterocycles. The lowest BCUT2D eigenvalue weighted by molar-refractivity contribution is -0.137. The van der Waals surface area contributed by atoms with Gasteiger partial charge < -0.3 is 19.7 Å². The molecule has 0 bridgehead atoms. The van der Waals surface area contributed by atoms with E-state index in [1.54, 1.807) is 7.11 Å². The van der Waals surface area contributed by atoms with E-state index >= 15 is 0 Å². The van der Waals surface area contributed by atoms with Gasteiger partial charge in [-0.2, -0.15) is 0 Å². The molecule has 1 aromatic rings. The van der Waals surface area contributed by atoms with Crippen molar-refractivity contribution in [2.45, 2.75) is 78.4 Å². The Morgan fingerprint density at radius 2 is 2.00 bits per heavy atom. The molecule has 0 aliphatic carbocycles. The largest absolute Gasteiger partial charge is 0.497 e. The molecule has 6 nitrogen and oxygen atoms in total. The molecule has 1 fully saturated rings. The normalized spacial score (nSPS) is 23.6. The van der Waals surface area contributed by atoms with Crippen molar-refractivity contribution < 1.29 is 19.1 Å². The number of ether oxygens (including phenoxy) is 2. The molecule has 1 unspecified atom stereocenters. The predicted octanol–water partition coefficient (Wildman–Crippen LogP) is 4.76. The van der Waals surface area contributed by atoms with Crippen LogP contribution in [0.15, 0.2) is 24.3 Å². The fraction of sp³-hybridized carbons (Fsp3) is 0.680. The summed E-state index contributed by atoms with van der Waals surface area (Å²) in [7, 11) is 1.68. The smallest absolute Gasteiger partial charge is 0.408 e. The van der Waals surface area contributed by atoms with Gasteiger partial charge in [-0.05, 0) is 62.1 Å². The first-order valence-electron chi connectivity index (χ1n) is 11.3. The molecule has 1 saturated heterocycles. The van der Waals surface area contributed by atoms with E-state index in [0.717, 1.165) is 18.6 Å². The summed E-state index contributed by atoms with van der Waals surface area (Å²) in [6.45, 7) is 15.2. The molecule has 6 heteroatoms. The Morgan fingerprint density at radius 1 is 1.32 bits per heavy atom. The summed E-state index contributed by atoms with van der Waals surface area (Å²) in [5.74, 6) is 1.10. The third-order valence-corrected chi connectivity index (χ3v) is 6.68. The molecule has 2 rings (SSSR count). The summed E-state index contributed by atoms with van der Waals surface area (Å²) in [5, 5.41) is 2.83. The molecule has 0 spiro atoms. The van der Waals surface area contributed by atoms with Crippen LogP contribution in [0.3, 0.4) is 0 Å². The highest BCUT2D eigenvalue weighted by Gasteiger charge is 2.41. The Balaban J connectivity index is 2.15. The van der Waals surface area contributed by atoms with E-state index in [4.69, 9.17) is 9.47 Å². The minimum absolute atomic E-state index is 0.0158. The van der Waals surface area contributed by atoms with Gasteiger partial charge in [0.1, 0.15) is 17.4 Å². The number of likely N-dealkylation sites (tertiary alicyclic amines) is 1. The van der Waals surface area contributed by atoms with Crippen molar-refractivity contribution in [2.75, 3.05) is 20.2 Å². The fourth-order valence-electron chi connectivity index (χ4n) is 4.16. The third-order valence-electron chi connectivity index (χ3n) is 6.68. The van der Waals surface area contributed by atoms with Crippen LogP contribution in [0.5, 0.6) is 5.75 Å². The number of alkyl carbamates (subject to hydrolysis) is 1. The lowest BCUT2D eigenvalue weighted by Crippen LogP contribution is -2.57. The highest BCUT2D eigenvalue weighted by Crippen LogP contribution is 2.40. The highest BCUT2D eigenvalue weighted by molar-refractivity contribution is 5.86.